The predicted octanol–water partition coefficient (Wildman–Crippen LogP) is 3.13. The number of halogens is 1. The van der Waals surface area contributed by atoms with Crippen molar-refractivity contribution < 1.29 is 9.13 Å². The van der Waals surface area contributed by atoms with Gasteiger partial charge in [0.1, 0.15) is 0 Å². The van der Waals surface area contributed by atoms with Crippen LogP contribution in [-0.4, -0.2) is 48.6 Å². The zero-order chi connectivity index (χ0) is 16.7. The molecule has 23 heavy (non-hydrogen) atoms. The van der Waals surface area contributed by atoms with Crippen LogP contribution in [0.1, 0.15) is 25.8 Å². The van der Waals surface area contributed by atoms with Gasteiger partial charge in [-0.1, -0.05) is 13.0 Å². The summed E-state index contributed by atoms with van der Waals surface area (Å²) in [6.45, 7) is 7.61. The number of guanidine groups is 1. The monoisotopic (exact) mass is 339 g/mol. The Morgan fingerprint density at radius 1 is 1.48 bits per heavy atom. The van der Waals surface area contributed by atoms with E-state index in [0.717, 1.165) is 36.9 Å². The molecule has 1 aromatic rings. The number of nitrogens with zero attached hydrogens (tertiary/aromatic N) is 2. The molecular formula is C17H26FN3OS. The van der Waals surface area contributed by atoms with E-state index in [4.69, 9.17) is 4.74 Å². The van der Waals surface area contributed by atoms with Crippen LogP contribution in [0.15, 0.2) is 23.2 Å². The number of rotatable bonds is 5. The standard InChI is InChI=1S/C17H26FN3OS/c1-4-14-12-21(8-9-23-14)17(19-5-2)20-11-13-6-7-16(22-3)15(18)10-13/h6-7,10,14H,4-5,8-9,11-12H2,1-3H3,(H,19,20). The van der Waals surface area contributed by atoms with Crippen molar-refractivity contribution in [3.05, 3.63) is 29.6 Å². The Bertz CT molecular complexity index is 539. The molecule has 1 heterocycles. The molecule has 2 rings (SSSR count). The summed E-state index contributed by atoms with van der Waals surface area (Å²) >= 11 is 2.04. The van der Waals surface area contributed by atoms with Crippen molar-refractivity contribution in [2.24, 2.45) is 4.99 Å². The third kappa shape index (κ3) is 5.03. The SMILES string of the molecule is CCNC(=NCc1ccc(OC)c(F)c1)N1CCSC(CC)C1. The summed E-state index contributed by atoms with van der Waals surface area (Å²) in [5.74, 6) is 1.97. The Balaban J connectivity index is 2.07. The minimum atomic E-state index is -0.342. The molecule has 1 aliphatic rings. The van der Waals surface area contributed by atoms with Crippen LogP contribution in [0.2, 0.25) is 0 Å². The Morgan fingerprint density at radius 3 is 2.96 bits per heavy atom. The lowest BCUT2D eigenvalue weighted by Crippen LogP contribution is -2.48. The van der Waals surface area contributed by atoms with Crippen LogP contribution in [0.4, 0.5) is 4.39 Å². The molecule has 4 nitrogen and oxygen atoms in total. The summed E-state index contributed by atoms with van der Waals surface area (Å²) in [4.78, 5) is 7.00. The van der Waals surface area contributed by atoms with Gasteiger partial charge in [-0.3, -0.25) is 0 Å². The van der Waals surface area contributed by atoms with Gasteiger partial charge in [-0.15, -0.1) is 0 Å². The number of hydrogen-bond donors (Lipinski definition) is 1. The van der Waals surface area contributed by atoms with Crippen molar-refractivity contribution in [2.75, 3.05) is 32.5 Å². The van der Waals surface area contributed by atoms with E-state index < -0.39 is 0 Å². The molecule has 128 valence electrons. The van der Waals surface area contributed by atoms with Gasteiger partial charge in [-0.25, -0.2) is 9.38 Å². The molecule has 1 aliphatic heterocycles. The molecule has 1 atom stereocenters. The maximum atomic E-state index is 13.8. The summed E-state index contributed by atoms with van der Waals surface area (Å²) in [5, 5.41) is 4.01. The second-order valence-corrected chi connectivity index (χ2v) is 6.89. The predicted molar refractivity (Wildman–Crippen MR) is 95.9 cm³/mol. The highest BCUT2D eigenvalue weighted by atomic mass is 32.2. The average molecular weight is 339 g/mol. The minimum Gasteiger partial charge on any atom is -0.494 e. The maximum absolute atomic E-state index is 13.8. The first-order valence-corrected chi connectivity index (χ1v) is 9.20. The number of benzene rings is 1. The average Bonchev–Trinajstić information content (AvgIpc) is 2.58. The first-order valence-electron chi connectivity index (χ1n) is 8.15. The molecule has 1 N–H and O–H groups in total. The Kier molecular flexibility index (Phi) is 7.02. The Labute approximate surface area is 142 Å². The van der Waals surface area contributed by atoms with E-state index in [2.05, 4.69) is 29.1 Å². The molecular weight excluding hydrogens is 313 g/mol. The fraction of sp³-hybridized carbons (Fsp3) is 0.588. The molecule has 0 amide bonds. The fourth-order valence-electron chi connectivity index (χ4n) is 2.56. The van der Waals surface area contributed by atoms with Crippen molar-refractivity contribution in [3.8, 4) is 5.75 Å². The molecule has 0 spiro atoms. The van der Waals surface area contributed by atoms with Crippen LogP contribution in [0, 0.1) is 5.82 Å². The lowest BCUT2D eigenvalue weighted by Gasteiger charge is -2.34. The number of hydrogen-bond acceptors (Lipinski definition) is 3. The third-order valence-corrected chi connectivity index (χ3v) is 5.23. The molecule has 0 aromatic heterocycles. The van der Waals surface area contributed by atoms with E-state index >= 15 is 0 Å². The normalized spacial score (nSPS) is 18.9. The largest absolute Gasteiger partial charge is 0.494 e. The van der Waals surface area contributed by atoms with Gasteiger partial charge in [-0.2, -0.15) is 11.8 Å². The van der Waals surface area contributed by atoms with Crippen molar-refractivity contribution in [3.63, 3.8) is 0 Å². The second-order valence-electron chi connectivity index (χ2n) is 5.49. The van der Waals surface area contributed by atoms with E-state index in [-0.39, 0.29) is 11.6 Å². The molecule has 1 saturated heterocycles. The third-order valence-electron chi connectivity index (χ3n) is 3.86. The van der Waals surface area contributed by atoms with Crippen LogP contribution < -0.4 is 10.1 Å². The van der Waals surface area contributed by atoms with Gasteiger partial charge < -0.3 is 15.0 Å². The smallest absolute Gasteiger partial charge is 0.194 e. The molecule has 1 unspecified atom stereocenters. The van der Waals surface area contributed by atoms with Crippen molar-refractivity contribution >= 4 is 17.7 Å². The first kappa shape index (κ1) is 17.9. The van der Waals surface area contributed by atoms with E-state index in [1.165, 1.54) is 19.6 Å². The van der Waals surface area contributed by atoms with Crippen molar-refractivity contribution in [1.29, 1.82) is 0 Å². The van der Waals surface area contributed by atoms with E-state index in [9.17, 15) is 4.39 Å². The summed E-state index contributed by atoms with van der Waals surface area (Å²) in [6.07, 6.45) is 1.17. The lowest BCUT2D eigenvalue weighted by molar-refractivity contribution is 0.386. The molecule has 6 heteroatoms. The first-order chi connectivity index (χ1) is 11.2. The van der Waals surface area contributed by atoms with Gasteiger partial charge >= 0.3 is 0 Å². The molecule has 0 aliphatic carbocycles. The Hall–Kier alpha value is -1.43. The van der Waals surface area contributed by atoms with Crippen molar-refractivity contribution in [2.45, 2.75) is 32.1 Å². The highest BCUT2D eigenvalue weighted by Gasteiger charge is 2.21. The zero-order valence-corrected chi connectivity index (χ0v) is 15.0. The highest BCUT2D eigenvalue weighted by molar-refractivity contribution is 8.00. The van der Waals surface area contributed by atoms with Crippen LogP contribution in [0.25, 0.3) is 0 Å². The van der Waals surface area contributed by atoms with E-state index in [1.54, 1.807) is 6.07 Å². The quantitative estimate of drug-likeness (QED) is 0.661. The number of ether oxygens (including phenoxy) is 1. The zero-order valence-electron chi connectivity index (χ0n) is 14.1. The summed E-state index contributed by atoms with van der Waals surface area (Å²) in [5.41, 5.74) is 0.845. The minimum absolute atomic E-state index is 0.267. The van der Waals surface area contributed by atoms with Crippen LogP contribution in [-0.2, 0) is 6.54 Å². The number of nitrogens with one attached hydrogen (secondary N) is 1. The number of thioether (sulfide) groups is 1. The van der Waals surface area contributed by atoms with Gasteiger partial charge in [-0.05, 0) is 31.0 Å². The lowest BCUT2D eigenvalue weighted by atomic mass is 10.2. The summed E-state index contributed by atoms with van der Waals surface area (Å²) in [6, 6.07) is 5.00. The second kappa shape index (κ2) is 9.01. The highest BCUT2D eigenvalue weighted by Crippen LogP contribution is 2.21. The molecule has 0 bridgehead atoms. The topological polar surface area (TPSA) is 36.9 Å². The number of methoxy groups -OCH3 is 1. The molecule has 1 aromatic carbocycles. The van der Waals surface area contributed by atoms with Crippen LogP contribution >= 0.6 is 11.8 Å². The number of aliphatic imine (C=N–C) groups is 1. The summed E-state index contributed by atoms with van der Waals surface area (Å²) in [7, 11) is 1.47. The van der Waals surface area contributed by atoms with Crippen LogP contribution in [0.3, 0.4) is 0 Å². The molecule has 0 saturated carbocycles. The van der Waals surface area contributed by atoms with Gasteiger partial charge in [0.15, 0.2) is 17.5 Å². The van der Waals surface area contributed by atoms with Gasteiger partial charge in [0.25, 0.3) is 0 Å². The van der Waals surface area contributed by atoms with Gasteiger partial charge in [0, 0.05) is 30.6 Å². The fourth-order valence-corrected chi connectivity index (χ4v) is 3.74. The van der Waals surface area contributed by atoms with Gasteiger partial charge in [0.05, 0.1) is 13.7 Å². The van der Waals surface area contributed by atoms with Crippen LogP contribution in [0.5, 0.6) is 5.75 Å². The summed E-state index contributed by atoms with van der Waals surface area (Å²) < 4.78 is 18.7. The maximum Gasteiger partial charge on any atom is 0.194 e. The molecule has 1 fully saturated rings. The van der Waals surface area contributed by atoms with Crippen molar-refractivity contribution in [1.82, 2.24) is 10.2 Å². The van der Waals surface area contributed by atoms with Gasteiger partial charge in [0.2, 0.25) is 0 Å². The van der Waals surface area contributed by atoms with E-state index in [1.807, 2.05) is 17.8 Å². The van der Waals surface area contributed by atoms with E-state index in [0.29, 0.717) is 11.8 Å². The molecule has 0 radical (unpaired) electrons. The Morgan fingerprint density at radius 2 is 2.30 bits per heavy atom.